The number of halogens is 1. The molecule has 5 heterocycles. The smallest absolute Gasteiger partial charge is 0.217 e. The number of nitrogens with zero attached hydrogens (tertiary/aromatic N) is 8. The van der Waals surface area contributed by atoms with Crippen molar-refractivity contribution in [3.05, 3.63) is 39.6 Å². The third-order valence-electron chi connectivity index (χ3n) is 9.03. The predicted molar refractivity (Wildman–Crippen MR) is 154 cm³/mol. The van der Waals surface area contributed by atoms with Crippen molar-refractivity contribution in [1.29, 1.82) is 5.26 Å². The third kappa shape index (κ3) is 4.27. The molecule has 3 aliphatic rings. The summed E-state index contributed by atoms with van der Waals surface area (Å²) >= 11 is 1.52. The van der Waals surface area contributed by atoms with E-state index in [4.69, 9.17) is 25.0 Å². The molecule has 11 nitrogen and oxygen atoms in total. The number of hydrogen-bond acceptors (Lipinski definition) is 11. The molecule has 0 radical (unpaired) electrons. The molecule has 1 spiro atoms. The summed E-state index contributed by atoms with van der Waals surface area (Å²) in [7, 11) is 3.65. The SMILES string of the molecule is C[C@H](Oc1cc(-c2cnn(C)n2)nc(-c2noc3c2CCC[C@@]32CCCc3sc(N)c(C#N)c32)n1)[C@@H]1C[C@@H](F)CN1C. The number of nitriles is 1. The summed E-state index contributed by atoms with van der Waals surface area (Å²) in [4.78, 5) is 14.3. The lowest BCUT2D eigenvalue weighted by molar-refractivity contribution is 0.117. The number of alkyl halides is 1. The number of ether oxygens (including phenoxy) is 1. The van der Waals surface area contributed by atoms with Gasteiger partial charge in [-0.2, -0.15) is 25.2 Å². The van der Waals surface area contributed by atoms with Crippen LogP contribution in [-0.4, -0.2) is 66.9 Å². The van der Waals surface area contributed by atoms with E-state index in [-0.39, 0.29) is 12.1 Å². The monoisotopic (exact) mass is 589 g/mol. The molecule has 0 saturated carbocycles. The number of likely N-dealkylation sites (N-methyl/N-ethyl adjacent to an activating group) is 1. The quantitative estimate of drug-likeness (QED) is 0.359. The zero-order valence-corrected chi connectivity index (χ0v) is 24.6. The fourth-order valence-corrected chi connectivity index (χ4v) is 8.35. The molecule has 0 unspecified atom stereocenters. The van der Waals surface area contributed by atoms with E-state index in [0.717, 1.165) is 55.4 Å². The van der Waals surface area contributed by atoms with Crippen molar-refractivity contribution in [2.45, 2.75) is 75.6 Å². The van der Waals surface area contributed by atoms with Gasteiger partial charge >= 0.3 is 0 Å². The van der Waals surface area contributed by atoms with Gasteiger partial charge in [-0.15, -0.1) is 11.3 Å². The maximum Gasteiger partial charge on any atom is 0.217 e. The third-order valence-corrected chi connectivity index (χ3v) is 10.1. The highest BCUT2D eigenvalue weighted by Gasteiger charge is 2.49. The number of thiophene rings is 1. The van der Waals surface area contributed by atoms with Gasteiger partial charge in [0.15, 0.2) is 17.3 Å². The van der Waals surface area contributed by atoms with E-state index in [1.165, 1.54) is 21.0 Å². The van der Waals surface area contributed by atoms with E-state index >= 15 is 0 Å². The lowest BCUT2D eigenvalue weighted by Gasteiger charge is -2.39. The summed E-state index contributed by atoms with van der Waals surface area (Å²) in [5.74, 6) is 1.50. The number of rotatable bonds is 5. The van der Waals surface area contributed by atoms with Crippen molar-refractivity contribution in [1.82, 2.24) is 35.0 Å². The summed E-state index contributed by atoms with van der Waals surface area (Å²) in [6.45, 7) is 2.32. The predicted octanol–water partition coefficient (Wildman–Crippen LogP) is 4.21. The molecule has 4 aromatic rings. The second kappa shape index (κ2) is 10.1. The van der Waals surface area contributed by atoms with Crippen LogP contribution in [0, 0.1) is 11.3 Å². The second-order valence-electron chi connectivity index (χ2n) is 11.7. The van der Waals surface area contributed by atoms with Crippen LogP contribution in [0.15, 0.2) is 16.8 Å². The van der Waals surface area contributed by atoms with Crippen LogP contribution in [0.4, 0.5) is 9.39 Å². The zero-order valence-electron chi connectivity index (χ0n) is 23.8. The number of likely N-dealkylation sites (tertiary alicyclic amines) is 1. The van der Waals surface area contributed by atoms with Crippen molar-refractivity contribution in [2.75, 3.05) is 19.3 Å². The van der Waals surface area contributed by atoms with E-state index in [1.807, 2.05) is 18.9 Å². The van der Waals surface area contributed by atoms with Crippen LogP contribution < -0.4 is 10.5 Å². The molecular formula is C29H32FN9O2S. The van der Waals surface area contributed by atoms with E-state index in [9.17, 15) is 9.65 Å². The molecule has 1 fully saturated rings. The molecule has 2 N–H and O–H groups in total. The Morgan fingerprint density at radius 1 is 1.24 bits per heavy atom. The Balaban J connectivity index is 1.32. The van der Waals surface area contributed by atoms with Crippen LogP contribution in [0.2, 0.25) is 0 Å². The first-order valence-electron chi connectivity index (χ1n) is 14.3. The molecule has 4 aromatic heterocycles. The summed E-state index contributed by atoms with van der Waals surface area (Å²) in [6, 6.07) is 4.03. The van der Waals surface area contributed by atoms with E-state index in [1.54, 1.807) is 19.3 Å². The molecule has 218 valence electrons. The summed E-state index contributed by atoms with van der Waals surface area (Å²) in [5, 5.41) is 23.8. The second-order valence-corrected chi connectivity index (χ2v) is 12.8. The Bertz CT molecular complexity index is 1700. The van der Waals surface area contributed by atoms with Gasteiger partial charge in [-0.1, -0.05) is 5.16 Å². The van der Waals surface area contributed by atoms with Gasteiger partial charge in [-0.05, 0) is 64.5 Å². The number of fused-ring (bicyclic) bond motifs is 4. The fourth-order valence-electron chi connectivity index (χ4n) is 7.19. The van der Waals surface area contributed by atoms with Gasteiger partial charge in [-0.25, -0.2) is 9.37 Å². The maximum atomic E-state index is 14.1. The lowest BCUT2D eigenvalue weighted by Crippen LogP contribution is -2.38. The van der Waals surface area contributed by atoms with Gasteiger partial charge in [-0.3, -0.25) is 4.90 Å². The molecule has 0 amide bonds. The molecule has 0 aromatic carbocycles. The Hall–Kier alpha value is -3.89. The largest absolute Gasteiger partial charge is 0.473 e. The van der Waals surface area contributed by atoms with Crippen molar-refractivity contribution < 1.29 is 13.7 Å². The van der Waals surface area contributed by atoms with Crippen LogP contribution in [-0.2, 0) is 25.3 Å². The van der Waals surface area contributed by atoms with E-state index in [0.29, 0.717) is 52.3 Å². The number of nitrogens with two attached hydrogens (primary N) is 1. The van der Waals surface area contributed by atoms with Gasteiger partial charge in [0.2, 0.25) is 5.88 Å². The van der Waals surface area contributed by atoms with Gasteiger partial charge in [0.25, 0.3) is 0 Å². The maximum absolute atomic E-state index is 14.1. The first kappa shape index (κ1) is 27.0. The van der Waals surface area contributed by atoms with Crippen molar-refractivity contribution >= 4 is 16.3 Å². The molecule has 2 aliphatic carbocycles. The van der Waals surface area contributed by atoms with Gasteiger partial charge in [0, 0.05) is 36.1 Å². The standard InChI is InChI=1S/C29H32FN9O2S/c1-15(21-10-16(30)14-38(21)2)40-23-11-19(20-13-33-39(3)36-20)34-28(35-23)25-17-6-4-8-29(26(17)41-37-25)9-5-7-22-24(29)18(12-31)27(32)42-22/h11,13,15-16,21H,4-10,14,32H2,1-3H3/t15-,16+,21-,29-/m0/s1. The lowest BCUT2D eigenvalue weighted by atomic mass is 9.63. The normalized spacial score (nSPS) is 24.4. The average molecular weight is 590 g/mol. The number of aromatic nitrogens is 6. The minimum atomic E-state index is -0.878. The minimum absolute atomic E-state index is 0.0778. The number of nitrogen functional groups attached to an aromatic ring is 1. The Morgan fingerprint density at radius 2 is 2.05 bits per heavy atom. The van der Waals surface area contributed by atoms with Gasteiger partial charge in [0.05, 0.1) is 17.2 Å². The number of anilines is 1. The number of aryl methyl sites for hydroxylation is 2. The summed E-state index contributed by atoms with van der Waals surface area (Å²) in [5.41, 5.74) is 10.1. The van der Waals surface area contributed by atoms with Crippen molar-refractivity contribution in [2.24, 2.45) is 7.05 Å². The molecule has 42 heavy (non-hydrogen) atoms. The first-order valence-corrected chi connectivity index (χ1v) is 15.2. The Labute approximate surface area is 246 Å². The molecule has 7 rings (SSSR count). The van der Waals surface area contributed by atoms with Crippen LogP contribution in [0.3, 0.4) is 0 Å². The Kier molecular flexibility index (Phi) is 6.51. The fraction of sp³-hybridized carbons (Fsp3) is 0.517. The minimum Gasteiger partial charge on any atom is -0.473 e. The molecule has 1 aliphatic heterocycles. The van der Waals surface area contributed by atoms with Gasteiger partial charge < -0.3 is 15.0 Å². The van der Waals surface area contributed by atoms with Gasteiger partial charge in [0.1, 0.15) is 34.7 Å². The van der Waals surface area contributed by atoms with E-state index < -0.39 is 11.6 Å². The molecule has 0 bridgehead atoms. The molecule has 13 heteroatoms. The van der Waals surface area contributed by atoms with Crippen molar-refractivity contribution in [3.63, 3.8) is 0 Å². The van der Waals surface area contributed by atoms with Crippen LogP contribution in [0.1, 0.15) is 66.4 Å². The molecular weight excluding hydrogens is 557 g/mol. The topological polar surface area (TPSA) is 145 Å². The van der Waals surface area contributed by atoms with Crippen LogP contribution in [0.5, 0.6) is 5.88 Å². The van der Waals surface area contributed by atoms with Crippen LogP contribution >= 0.6 is 11.3 Å². The molecule has 1 saturated heterocycles. The van der Waals surface area contributed by atoms with E-state index in [2.05, 4.69) is 21.4 Å². The number of hydrogen-bond donors (Lipinski definition) is 1. The average Bonchev–Trinajstić information content (AvgIpc) is 3.74. The summed E-state index contributed by atoms with van der Waals surface area (Å²) < 4.78 is 26.6. The zero-order chi connectivity index (χ0) is 29.2. The summed E-state index contributed by atoms with van der Waals surface area (Å²) in [6.07, 6.45) is 6.14. The Morgan fingerprint density at radius 3 is 2.76 bits per heavy atom. The van der Waals surface area contributed by atoms with Crippen LogP contribution in [0.25, 0.3) is 22.9 Å². The highest BCUT2D eigenvalue weighted by atomic mass is 32.1. The van der Waals surface area contributed by atoms with Crippen molar-refractivity contribution in [3.8, 4) is 34.9 Å². The molecule has 4 atom stereocenters. The first-order chi connectivity index (χ1) is 20.3. The highest BCUT2D eigenvalue weighted by molar-refractivity contribution is 7.16. The highest BCUT2D eigenvalue weighted by Crippen LogP contribution is 2.55.